The smallest absolute Gasteiger partial charge is 0.315 e. The molecule has 1 unspecified atom stereocenters. The number of fused-ring (bicyclic) bond motifs is 1. The number of hydrogen-bond acceptors (Lipinski definition) is 3. The van der Waals surface area contributed by atoms with Gasteiger partial charge in [0.2, 0.25) is 0 Å². The monoisotopic (exact) mass is 379 g/mol. The van der Waals surface area contributed by atoms with E-state index in [0.717, 1.165) is 42.6 Å². The fraction of sp³-hybridized carbons (Fsp3) is 0.471. The zero-order chi connectivity index (χ0) is 17.6. The number of benzene rings is 1. The maximum absolute atomic E-state index is 12.3. The van der Waals surface area contributed by atoms with E-state index < -0.39 is 0 Å². The molecule has 1 aromatic heterocycles. The van der Waals surface area contributed by atoms with Crippen LogP contribution >= 0.6 is 23.2 Å². The van der Waals surface area contributed by atoms with E-state index in [1.807, 2.05) is 23.9 Å². The van der Waals surface area contributed by atoms with Gasteiger partial charge in [-0.05, 0) is 37.0 Å². The molecule has 2 aromatic rings. The normalized spacial score (nSPS) is 24.5. The maximum Gasteiger partial charge on any atom is 0.315 e. The predicted molar refractivity (Wildman–Crippen MR) is 96.1 cm³/mol. The third-order valence-electron chi connectivity index (χ3n) is 5.00. The molecule has 0 bridgehead atoms. The quantitative estimate of drug-likeness (QED) is 0.860. The average molecular weight is 380 g/mol. The number of hydrogen-bond donors (Lipinski definition) is 2. The number of carbonyl (C=O) groups excluding carboxylic acids is 1. The highest BCUT2D eigenvalue weighted by atomic mass is 35.5. The number of nitrogens with zero attached hydrogens (tertiary/aromatic N) is 3. The van der Waals surface area contributed by atoms with Crippen LogP contribution in [-0.4, -0.2) is 33.1 Å². The van der Waals surface area contributed by atoms with Gasteiger partial charge in [-0.15, -0.1) is 5.10 Å². The molecular weight excluding hydrogens is 361 g/mol. The van der Waals surface area contributed by atoms with Gasteiger partial charge in [0.25, 0.3) is 0 Å². The van der Waals surface area contributed by atoms with E-state index in [4.69, 9.17) is 23.2 Å². The molecule has 3 atom stereocenters. The third kappa shape index (κ3) is 3.46. The van der Waals surface area contributed by atoms with Crippen molar-refractivity contribution in [1.82, 2.24) is 25.6 Å². The van der Waals surface area contributed by atoms with E-state index in [1.165, 1.54) is 0 Å². The minimum Gasteiger partial charge on any atom is -0.335 e. The Morgan fingerprint density at radius 2 is 2.16 bits per heavy atom. The highest BCUT2D eigenvalue weighted by molar-refractivity contribution is 6.35. The molecule has 132 valence electrons. The largest absolute Gasteiger partial charge is 0.335 e. The van der Waals surface area contributed by atoms with Gasteiger partial charge in [-0.3, -0.25) is 4.68 Å². The molecule has 0 radical (unpaired) electrons. The fourth-order valence-electron chi connectivity index (χ4n) is 3.55. The molecule has 4 rings (SSSR count). The van der Waals surface area contributed by atoms with Crippen LogP contribution < -0.4 is 10.6 Å². The summed E-state index contributed by atoms with van der Waals surface area (Å²) in [7, 11) is 1.90. The van der Waals surface area contributed by atoms with Crippen LogP contribution in [0.15, 0.2) is 18.2 Å². The first-order chi connectivity index (χ1) is 12.0. The van der Waals surface area contributed by atoms with E-state index in [1.54, 1.807) is 6.07 Å². The number of urea groups is 1. The summed E-state index contributed by atoms with van der Waals surface area (Å²) in [5, 5.41) is 15.6. The Morgan fingerprint density at radius 1 is 1.32 bits per heavy atom. The molecule has 1 saturated carbocycles. The summed E-state index contributed by atoms with van der Waals surface area (Å²) >= 11 is 12.2. The van der Waals surface area contributed by atoms with Crippen molar-refractivity contribution in [2.24, 2.45) is 7.05 Å². The minimum absolute atomic E-state index is 0.0977. The summed E-state index contributed by atoms with van der Waals surface area (Å²) in [5.41, 5.74) is 3.19. The van der Waals surface area contributed by atoms with Gasteiger partial charge in [-0.1, -0.05) is 34.5 Å². The van der Waals surface area contributed by atoms with Gasteiger partial charge >= 0.3 is 6.03 Å². The Morgan fingerprint density at radius 3 is 2.96 bits per heavy atom. The van der Waals surface area contributed by atoms with Crippen molar-refractivity contribution in [3.63, 3.8) is 0 Å². The molecule has 6 nitrogen and oxygen atoms in total. The number of amides is 2. The first kappa shape index (κ1) is 16.7. The van der Waals surface area contributed by atoms with Crippen LogP contribution in [0, 0.1) is 0 Å². The number of halogens is 2. The van der Waals surface area contributed by atoms with Gasteiger partial charge in [-0.2, -0.15) is 0 Å². The van der Waals surface area contributed by atoms with Crippen molar-refractivity contribution in [2.75, 3.05) is 0 Å². The summed E-state index contributed by atoms with van der Waals surface area (Å²) in [5.74, 6) is 0.258. The highest BCUT2D eigenvalue weighted by Gasteiger charge is 2.41. The predicted octanol–water partition coefficient (Wildman–Crippen LogP) is 2.83. The molecule has 2 aliphatic rings. The van der Waals surface area contributed by atoms with Crippen molar-refractivity contribution in [3.05, 3.63) is 45.2 Å². The molecule has 0 saturated heterocycles. The van der Waals surface area contributed by atoms with Gasteiger partial charge < -0.3 is 10.6 Å². The second-order valence-electron chi connectivity index (χ2n) is 6.78. The van der Waals surface area contributed by atoms with Crippen molar-refractivity contribution < 1.29 is 4.79 Å². The van der Waals surface area contributed by atoms with Crippen molar-refractivity contribution in [2.45, 2.75) is 43.7 Å². The lowest BCUT2D eigenvalue weighted by atomic mass is 9.96. The van der Waals surface area contributed by atoms with Gasteiger partial charge in [0.05, 0.1) is 11.4 Å². The third-order valence-corrected chi connectivity index (χ3v) is 5.56. The van der Waals surface area contributed by atoms with Crippen LogP contribution in [0.4, 0.5) is 4.79 Å². The molecule has 2 N–H and O–H groups in total. The van der Waals surface area contributed by atoms with Crippen molar-refractivity contribution in [1.29, 1.82) is 0 Å². The lowest BCUT2D eigenvalue weighted by Crippen LogP contribution is -2.45. The number of rotatable bonds is 3. The molecule has 0 spiro atoms. The number of aryl methyl sites for hydroxylation is 1. The van der Waals surface area contributed by atoms with Crippen molar-refractivity contribution >= 4 is 29.2 Å². The Labute approximate surface area is 155 Å². The number of nitrogens with one attached hydrogen (secondary N) is 2. The molecular formula is C17H19Cl2N5O. The lowest BCUT2D eigenvalue weighted by Gasteiger charge is -2.22. The molecule has 1 fully saturated rings. The lowest BCUT2D eigenvalue weighted by molar-refractivity contribution is 0.235. The molecule has 25 heavy (non-hydrogen) atoms. The summed E-state index contributed by atoms with van der Waals surface area (Å²) < 4.78 is 1.82. The van der Waals surface area contributed by atoms with Crippen molar-refractivity contribution in [3.8, 4) is 0 Å². The second-order valence-corrected chi connectivity index (χ2v) is 7.62. The van der Waals surface area contributed by atoms with Crippen LogP contribution in [0.2, 0.25) is 10.0 Å². The average Bonchev–Trinajstić information content (AvgIpc) is 3.21. The number of carbonyl (C=O) groups is 1. The molecule has 2 amide bonds. The summed E-state index contributed by atoms with van der Waals surface area (Å²) in [6.07, 6.45) is 3.41. The van der Waals surface area contributed by atoms with Crippen LogP contribution in [0.5, 0.6) is 0 Å². The van der Waals surface area contributed by atoms with Gasteiger partial charge in [0.15, 0.2) is 0 Å². The Hall–Kier alpha value is -1.79. The van der Waals surface area contributed by atoms with Crippen LogP contribution in [0.25, 0.3) is 0 Å². The van der Waals surface area contributed by atoms with Crippen LogP contribution in [0.1, 0.15) is 35.7 Å². The zero-order valence-electron chi connectivity index (χ0n) is 13.8. The first-order valence-electron chi connectivity index (χ1n) is 8.40. The zero-order valence-corrected chi connectivity index (χ0v) is 15.3. The molecule has 2 aliphatic carbocycles. The van der Waals surface area contributed by atoms with E-state index in [-0.39, 0.29) is 24.0 Å². The Bertz CT molecular complexity index is 821. The standard InChI is InChI=1S/C17H19Cl2N5O/c1-24-16-5-3-10(7-15(16)22-23-24)20-17(25)21-14-8-12(14)11-4-2-9(18)6-13(11)19/h2,4,6,10,12,14H,3,5,7-8H2,1H3,(H2,20,21,25)/t10?,12-,14+/m0/s1. The number of aromatic nitrogens is 3. The van der Waals surface area contributed by atoms with Crippen LogP contribution in [0.3, 0.4) is 0 Å². The minimum atomic E-state index is -0.130. The molecule has 8 heteroatoms. The SMILES string of the molecule is Cn1nnc2c1CCC(NC(=O)N[C@@H]1C[C@H]1c1ccc(Cl)cc1Cl)C2. The van der Waals surface area contributed by atoms with E-state index in [2.05, 4.69) is 20.9 Å². The Kier molecular flexibility index (Phi) is 4.33. The summed E-state index contributed by atoms with van der Waals surface area (Å²) in [6.45, 7) is 0. The van der Waals surface area contributed by atoms with Crippen LogP contribution in [-0.2, 0) is 19.9 Å². The molecule has 0 aliphatic heterocycles. The van der Waals surface area contributed by atoms with E-state index in [0.29, 0.717) is 10.0 Å². The summed E-state index contributed by atoms with van der Waals surface area (Å²) in [4.78, 5) is 12.3. The topological polar surface area (TPSA) is 71.8 Å². The van der Waals surface area contributed by atoms with Gasteiger partial charge in [-0.25, -0.2) is 4.79 Å². The van der Waals surface area contributed by atoms with Gasteiger partial charge in [0.1, 0.15) is 0 Å². The molecule has 1 heterocycles. The summed E-state index contributed by atoms with van der Waals surface area (Å²) in [6, 6.07) is 5.60. The maximum atomic E-state index is 12.3. The first-order valence-corrected chi connectivity index (χ1v) is 9.16. The van der Waals surface area contributed by atoms with Gasteiger partial charge in [0, 0.05) is 41.5 Å². The van der Waals surface area contributed by atoms with E-state index >= 15 is 0 Å². The fourth-order valence-corrected chi connectivity index (χ4v) is 4.10. The Balaban J connectivity index is 1.30. The second kappa shape index (κ2) is 6.50. The highest BCUT2D eigenvalue weighted by Crippen LogP contribution is 2.44. The molecule has 1 aromatic carbocycles. The van der Waals surface area contributed by atoms with E-state index in [9.17, 15) is 4.79 Å².